The Kier molecular flexibility index (Phi) is 4.99. The van der Waals surface area contributed by atoms with Crippen molar-refractivity contribution in [3.8, 4) is 11.4 Å². The maximum Gasteiger partial charge on any atom is 0.234 e. The van der Waals surface area contributed by atoms with Crippen LogP contribution < -0.4 is 11.2 Å². The fourth-order valence-electron chi connectivity index (χ4n) is 2.20. The first-order valence-corrected chi connectivity index (χ1v) is 8.48. The molecule has 128 valence electrons. The molecule has 1 heterocycles. The number of aromatic nitrogens is 3. The van der Waals surface area contributed by atoms with Crippen molar-refractivity contribution in [2.75, 3.05) is 16.9 Å². The average Bonchev–Trinajstić information content (AvgIpc) is 2.98. The molecule has 0 unspecified atom stereocenters. The number of amides is 1. The Balaban J connectivity index is 1.65. The average molecular weight is 357 g/mol. The molecule has 8 heteroatoms. The van der Waals surface area contributed by atoms with Gasteiger partial charge in [-0.25, -0.2) is 9.07 Å². The van der Waals surface area contributed by atoms with Crippen LogP contribution >= 0.6 is 11.8 Å². The summed E-state index contributed by atoms with van der Waals surface area (Å²) in [6, 6.07) is 13.7. The zero-order chi connectivity index (χ0) is 17.8. The number of rotatable bonds is 5. The third kappa shape index (κ3) is 3.97. The largest absolute Gasteiger partial charge is 0.335 e. The van der Waals surface area contributed by atoms with E-state index in [1.54, 1.807) is 13.0 Å². The van der Waals surface area contributed by atoms with Gasteiger partial charge in [0.25, 0.3) is 0 Å². The van der Waals surface area contributed by atoms with Crippen molar-refractivity contribution in [2.45, 2.75) is 12.1 Å². The predicted octanol–water partition coefficient (Wildman–Crippen LogP) is 2.84. The number of anilines is 1. The summed E-state index contributed by atoms with van der Waals surface area (Å²) in [6.45, 7) is 1.80. The van der Waals surface area contributed by atoms with Crippen molar-refractivity contribution < 1.29 is 9.18 Å². The minimum Gasteiger partial charge on any atom is -0.335 e. The smallest absolute Gasteiger partial charge is 0.234 e. The molecule has 3 rings (SSSR count). The van der Waals surface area contributed by atoms with E-state index in [2.05, 4.69) is 15.5 Å². The lowest BCUT2D eigenvalue weighted by Gasteiger charge is -2.08. The van der Waals surface area contributed by atoms with Crippen molar-refractivity contribution in [3.05, 3.63) is 59.9 Å². The summed E-state index contributed by atoms with van der Waals surface area (Å²) < 4.78 is 14.6. The standard InChI is InChI=1S/C17H16FN5OS/c1-11-7-8-13(18)9-14(11)20-15(24)10-25-17-22-21-16(23(17)19)12-5-3-2-4-6-12/h2-9H,10,19H2,1H3,(H,20,24). The lowest BCUT2D eigenvalue weighted by atomic mass is 10.2. The maximum absolute atomic E-state index is 13.3. The number of carbonyl (C=O) groups is 1. The van der Waals surface area contributed by atoms with Crippen molar-refractivity contribution >= 4 is 23.4 Å². The number of thioether (sulfide) groups is 1. The van der Waals surface area contributed by atoms with Crippen LogP contribution in [-0.2, 0) is 4.79 Å². The molecule has 2 aromatic carbocycles. The summed E-state index contributed by atoms with van der Waals surface area (Å²) in [7, 11) is 0. The van der Waals surface area contributed by atoms with Crippen LogP contribution in [0.25, 0.3) is 11.4 Å². The fraction of sp³-hybridized carbons (Fsp3) is 0.118. The van der Waals surface area contributed by atoms with Gasteiger partial charge in [0.05, 0.1) is 5.75 Å². The normalized spacial score (nSPS) is 10.6. The molecule has 3 aromatic rings. The molecule has 3 N–H and O–H groups in total. The van der Waals surface area contributed by atoms with Gasteiger partial charge in [-0.05, 0) is 24.6 Å². The molecular formula is C17H16FN5OS. The summed E-state index contributed by atoms with van der Waals surface area (Å²) in [5.41, 5.74) is 2.07. The highest BCUT2D eigenvalue weighted by atomic mass is 32.2. The van der Waals surface area contributed by atoms with Crippen molar-refractivity contribution in [1.29, 1.82) is 0 Å². The first-order chi connectivity index (χ1) is 12.0. The lowest BCUT2D eigenvalue weighted by molar-refractivity contribution is -0.113. The van der Waals surface area contributed by atoms with Gasteiger partial charge >= 0.3 is 0 Å². The van der Waals surface area contributed by atoms with Gasteiger partial charge in [-0.15, -0.1) is 10.2 Å². The number of nitrogens with zero attached hydrogens (tertiary/aromatic N) is 3. The van der Waals surface area contributed by atoms with Crippen LogP contribution in [0.5, 0.6) is 0 Å². The second-order valence-corrected chi connectivity index (χ2v) is 6.28. The molecular weight excluding hydrogens is 341 g/mol. The number of nitrogens with one attached hydrogen (secondary N) is 1. The molecule has 25 heavy (non-hydrogen) atoms. The van der Waals surface area contributed by atoms with Crippen LogP contribution in [0.2, 0.25) is 0 Å². The number of carbonyl (C=O) groups excluding carboxylic acids is 1. The van der Waals surface area contributed by atoms with Gasteiger partial charge < -0.3 is 11.2 Å². The molecule has 0 saturated carbocycles. The predicted molar refractivity (Wildman–Crippen MR) is 96.1 cm³/mol. The fourth-order valence-corrected chi connectivity index (χ4v) is 2.86. The Labute approximate surface area is 148 Å². The van der Waals surface area contributed by atoms with Gasteiger partial charge in [-0.3, -0.25) is 4.79 Å². The van der Waals surface area contributed by atoms with E-state index in [1.807, 2.05) is 30.3 Å². The second-order valence-electron chi connectivity index (χ2n) is 5.34. The number of hydrogen-bond donors (Lipinski definition) is 2. The molecule has 6 nitrogen and oxygen atoms in total. The van der Waals surface area contributed by atoms with Crippen LogP contribution in [0.4, 0.5) is 10.1 Å². The SMILES string of the molecule is Cc1ccc(F)cc1NC(=O)CSc1nnc(-c2ccccc2)n1N. The molecule has 1 amide bonds. The number of benzene rings is 2. The zero-order valence-corrected chi connectivity index (χ0v) is 14.3. The van der Waals surface area contributed by atoms with Crippen molar-refractivity contribution in [2.24, 2.45) is 0 Å². The molecule has 0 bridgehead atoms. The highest BCUT2D eigenvalue weighted by Crippen LogP contribution is 2.22. The van der Waals surface area contributed by atoms with Gasteiger partial charge in [0.2, 0.25) is 11.1 Å². The Hall–Kier alpha value is -2.87. The van der Waals surface area contributed by atoms with E-state index in [9.17, 15) is 9.18 Å². The maximum atomic E-state index is 13.3. The quantitative estimate of drug-likeness (QED) is 0.542. The number of nitrogen functional groups attached to an aromatic ring is 1. The first-order valence-electron chi connectivity index (χ1n) is 7.49. The van der Waals surface area contributed by atoms with Crippen molar-refractivity contribution in [1.82, 2.24) is 14.9 Å². The molecule has 0 atom stereocenters. The van der Waals surface area contributed by atoms with Crippen LogP contribution in [0.1, 0.15) is 5.56 Å². The molecule has 1 aromatic heterocycles. The van der Waals surface area contributed by atoms with Gasteiger partial charge in [0.1, 0.15) is 5.82 Å². The number of hydrogen-bond acceptors (Lipinski definition) is 5. The number of halogens is 1. The minimum absolute atomic E-state index is 0.0834. The Morgan fingerprint density at radius 1 is 1.24 bits per heavy atom. The van der Waals surface area contributed by atoms with Gasteiger partial charge in [-0.2, -0.15) is 0 Å². The Bertz CT molecular complexity index is 897. The third-order valence-electron chi connectivity index (χ3n) is 3.50. The molecule has 0 fully saturated rings. The number of aryl methyl sites for hydroxylation is 1. The third-order valence-corrected chi connectivity index (χ3v) is 4.45. The lowest BCUT2D eigenvalue weighted by Crippen LogP contribution is -2.17. The van der Waals surface area contributed by atoms with E-state index in [1.165, 1.54) is 16.8 Å². The van der Waals surface area contributed by atoms with Crippen LogP contribution in [0.3, 0.4) is 0 Å². The molecule has 0 radical (unpaired) electrons. The van der Waals surface area contributed by atoms with Crippen LogP contribution in [0, 0.1) is 12.7 Å². The highest BCUT2D eigenvalue weighted by Gasteiger charge is 2.14. The highest BCUT2D eigenvalue weighted by molar-refractivity contribution is 7.99. The summed E-state index contributed by atoms with van der Waals surface area (Å²) in [4.78, 5) is 12.1. The van der Waals surface area contributed by atoms with Gasteiger partial charge in [-0.1, -0.05) is 48.2 Å². The monoisotopic (exact) mass is 357 g/mol. The second kappa shape index (κ2) is 7.35. The minimum atomic E-state index is -0.400. The number of nitrogens with two attached hydrogens (primary N) is 1. The van der Waals surface area contributed by atoms with E-state index < -0.39 is 5.82 Å². The Morgan fingerprint density at radius 2 is 2.00 bits per heavy atom. The van der Waals surface area contributed by atoms with E-state index in [0.717, 1.165) is 22.9 Å². The summed E-state index contributed by atoms with van der Waals surface area (Å²) in [5, 5.41) is 11.2. The first kappa shape index (κ1) is 17.0. The zero-order valence-electron chi connectivity index (χ0n) is 13.4. The van der Waals surface area contributed by atoms with E-state index in [4.69, 9.17) is 5.84 Å². The Morgan fingerprint density at radius 3 is 2.76 bits per heavy atom. The van der Waals surface area contributed by atoms with E-state index >= 15 is 0 Å². The summed E-state index contributed by atoms with van der Waals surface area (Å²) >= 11 is 1.16. The summed E-state index contributed by atoms with van der Waals surface area (Å²) in [5.74, 6) is 5.93. The van der Waals surface area contributed by atoms with Crippen LogP contribution in [-0.4, -0.2) is 26.5 Å². The molecule has 0 aliphatic rings. The molecule has 0 aliphatic carbocycles. The topological polar surface area (TPSA) is 85.8 Å². The van der Waals surface area contributed by atoms with Gasteiger partial charge in [0, 0.05) is 11.3 Å². The van der Waals surface area contributed by atoms with Crippen LogP contribution in [0.15, 0.2) is 53.7 Å². The van der Waals surface area contributed by atoms with E-state index in [0.29, 0.717) is 16.7 Å². The molecule has 0 saturated heterocycles. The van der Waals surface area contributed by atoms with Gasteiger partial charge in [0.15, 0.2) is 5.82 Å². The van der Waals surface area contributed by atoms with Crippen molar-refractivity contribution in [3.63, 3.8) is 0 Å². The molecule has 0 spiro atoms. The summed E-state index contributed by atoms with van der Waals surface area (Å²) in [6.07, 6.45) is 0. The van der Waals surface area contributed by atoms with E-state index in [-0.39, 0.29) is 11.7 Å². The molecule has 0 aliphatic heterocycles.